The molecule has 12 aromatic rings. The highest BCUT2D eigenvalue weighted by molar-refractivity contribution is 6.24. The van der Waals surface area contributed by atoms with Gasteiger partial charge in [0.1, 0.15) is 11.2 Å². The summed E-state index contributed by atoms with van der Waals surface area (Å²) in [6.07, 6.45) is 0. The lowest BCUT2D eigenvalue weighted by Crippen LogP contribution is -2.26. The summed E-state index contributed by atoms with van der Waals surface area (Å²) < 4.78 is 9.23. The lowest BCUT2D eigenvalue weighted by molar-refractivity contribution is 0.660. The first-order valence-electron chi connectivity index (χ1n) is 23.4. The maximum absolute atomic E-state index is 6.80. The second-order valence-electron chi connectivity index (χ2n) is 19.1. The smallest absolute Gasteiger partial charge is 0.145 e. The fourth-order valence-electron chi connectivity index (χ4n) is 12.9. The molecule has 0 fully saturated rings. The van der Waals surface area contributed by atoms with Crippen molar-refractivity contribution in [3.05, 3.63) is 252 Å². The summed E-state index contributed by atoms with van der Waals surface area (Å²) in [6, 6.07) is 81.3. The van der Waals surface area contributed by atoms with Gasteiger partial charge in [-0.15, -0.1) is 0 Å². The molecule has 0 N–H and O–H groups in total. The third-order valence-corrected chi connectivity index (χ3v) is 15.6. The van der Waals surface area contributed by atoms with Crippen LogP contribution >= 0.6 is 0 Å². The maximum atomic E-state index is 6.80. The molecule has 0 saturated carbocycles. The van der Waals surface area contributed by atoms with Gasteiger partial charge >= 0.3 is 0 Å². The van der Waals surface area contributed by atoms with Crippen molar-refractivity contribution in [1.29, 1.82) is 0 Å². The molecule has 314 valence electrons. The average molecular weight is 855 g/mol. The summed E-state index contributed by atoms with van der Waals surface area (Å²) in [7, 11) is 0. The zero-order valence-electron chi connectivity index (χ0n) is 37.1. The molecule has 0 atom stereocenters. The molecule has 67 heavy (non-hydrogen) atoms. The van der Waals surface area contributed by atoms with Crippen molar-refractivity contribution in [3.63, 3.8) is 0 Å². The van der Waals surface area contributed by atoms with Gasteiger partial charge in [0.2, 0.25) is 0 Å². The number of anilines is 3. The van der Waals surface area contributed by atoms with E-state index in [0.29, 0.717) is 0 Å². The van der Waals surface area contributed by atoms with Gasteiger partial charge in [-0.3, -0.25) is 0 Å². The number of hydrogen-bond acceptors (Lipinski definition) is 2. The monoisotopic (exact) mass is 854 g/mol. The first-order valence-corrected chi connectivity index (χ1v) is 23.4. The van der Waals surface area contributed by atoms with E-state index >= 15 is 0 Å². The highest BCUT2D eigenvalue weighted by atomic mass is 16.3. The number of benzene rings is 10. The van der Waals surface area contributed by atoms with E-state index in [9.17, 15) is 0 Å². The van der Waals surface area contributed by atoms with Crippen molar-refractivity contribution in [3.8, 4) is 39.1 Å². The molecule has 10 aromatic carbocycles. The molecule has 2 aromatic heterocycles. The summed E-state index contributed by atoms with van der Waals surface area (Å²) in [5.41, 5.74) is 23.6. The van der Waals surface area contributed by atoms with Gasteiger partial charge in [-0.1, -0.05) is 172 Å². The molecule has 3 heteroatoms. The Hall–Kier alpha value is -8.40. The Bertz CT molecular complexity index is 4040. The zero-order chi connectivity index (χ0) is 44.2. The Morgan fingerprint density at radius 1 is 0.403 bits per heavy atom. The molecule has 0 aliphatic heterocycles. The van der Waals surface area contributed by atoms with Crippen LogP contribution in [0.15, 0.2) is 223 Å². The van der Waals surface area contributed by atoms with Gasteiger partial charge in [-0.05, 0) is 116 Å². The van der Waals surface area contributed by atoms with E-state index in [-0.39, 0.29) is 5.41 Å². The minimum absolute atomic E-state index is 0.179. The Kier molecular flexibility index (Phi) is 7.22. The lowest BCUT2D eigenvalue weighted by Gasteiger charge is -2.32. The van der Waals surface area contributed by atoms with Crippen LogP contribution in [0, 0.1) is 0 Å². The summed E-state index contributed by atoms with van der Waals surface area (Å²) in [4.78, 5) is 2.58. The molecular weight excluding hydrogens is 813 g/mol. The van der Waals surface area contributed by atoms with Crippen LogP contribution in [0.1, 0.15) is 47.2 Å². The topological polar surface area (TPSA) is 21.3 Å². The minimum Gasteiger partial charge on any atom is -0.455 e. The molecule has 0 bridgehead atoms. The number of furan rings is 1. The van der Waals surface area contributed by atoms with E-state index in [1.54, 1.807) is 0 Å². The molecule has 3 aliphatic rings. The van der Waals surface area contributed by atoms with Gasteiger partial charge in [0.05, 0.1) is 33.2 Å². The van der Waals surface area contributed by atoms with E-state index in [1.165, 1.54) is 66.8 Å². The largest absolute Gasteiger partial charge is 0.455 e. The zero-order valence-corrected chi connectivity index (χ0v) is 37.1. The van der Waals surface area contributed by atoms with E-state index in [4.69, 9.17) is 4.42 Å². The highest BCUT2D eigenvalue weighted by Crippen LogP contribution is 2.65. The van der Waals surface area contributed by atoms with Gasteiger partial charge in [0, 0.05) is 44.1 Å². The molecule has 2 heterocycles. The van der Waals surface area contributed by atoms with Crippen LogP contribution in [-0.2, 0) is 10.8 Å². The molecule has 15 rings (SSSR count). The number of fused-ring (bicyclic) bond motifs is 20. The molecule has 3 nitrogen and oxygen atoms in total. The third kappa shape index (κ3) is 4.61. The standard InChI is InChI=1S/C64H42N2O/c1-63(2)48-25-11-8-23-45(48)59-52(63)29-16-31-54(59)66(55-32-17-30-53-60(55)46-24-9-14-28-51(46)64(53)49-26-12-6-20-41(49)42-21-7-13-27-50(42)64)40-34-35-47-57(38-40)65(39-18-4-3-5-19-39)56-37-36-44-43-22-10-15-33-58(43)67-62(44)61(47)56/h3-38H,1-2H3. The van der Waals surface area contributed by atoms with Gasteiger partial charge in [0.25, 0.3) is 0 Å². The van der Waals surface area contributed by atoms with Crippen LogP contribution in [0.5, 0.6) is 0 Å². The quantitative estimate of drug-likeness (QED) is 0.176. The average Bonchev–Trinajstić information content (AvgIpc) is 4.15. The third-order valence-electron chi connectivity index (χ3n) is 15.6. The van der Waals surface area contributed by atoms with Crippen molar-refractivity contribution in [2.45, 2.75) is 24.7 Å². The van der Waals surface area contributed by atoms with Gasteiger partial charge in [0.15, 0.2) is 0 Å². The Labute approximate surface area is 388 Å². The summed E-state index contributed by atoms with van der Waals surface area (Å²) in [5.74, 6) is 0. The first-order chi connectivity index (χ1) is 33.0. The van der Waals surface area contributed by atoms with Crippen molar-refractivity contribution in [2.24, 2.45) is 0 Å². The fourth-order valence-corrected chi connectivity index (χ4v) is 12.9. The molecule has 1 spiro atoms. The number of hydrogen-bond donors (Lipinski definition) is 0. The highest BCUT2D eigenvalue weighted by Gasteiger charge is 2.52. The summed E-state index contributed by atoms with van der Waals surface area (Å²) >= 11 is 0. The summed E-state index contributed by atoms with van der Waals surface area (Å²) in [5, 5.41) is 4.53. The van der Waals surface area contributed by atoms with E-state index in [2.05, 4.69) is 242 Å². The minimum atomic E-state index is -0.477. The number of aromatic nitrogens is 1. The Morgan fingerprint density at radius 2 is 0.940 bits per heavy atom. The second kappa shape index (κ2) is 13.1. The van der Waals surface area contributed by atoms with Gasteiger partial charge in [-0.25, -0.2) is 0 Å². The second-order valence-corrected chi connectivity index (χ2v) is 19.1. The van der Waals surface area contributed by atoms with Gasteiger partial charge < -0.3 is 13.9 Å². The van der Waals surface area contributed by atoms with Crippen LogP contribution < -0.4 is 4.90 Å². The molecule has 0 saturated heterocycles. The number of rotatable bonds is 4. The molecule has 0 unspecified atom stereocenters. The van der Waals surface area contributed by atoms with Crippen molar-refractivity contribution >= 4 is 60.8 Å². The Balaban J connectivity index is 1.07. The predicted octanol–water partition coefficient (Wildman–Crippen LogP) is 16.8. The van der Waals surface area contributed by atoms with Crippen LogP contribution in [-0.4, -0.2) is 4.57 Å². The van der Waals surface area contributed by atoms with E-state index < -0.39 is 5.41 Å². The van der Waals surface area contributed by atoms with E-state index in [0.717, 1.165) is 66.5 Å². The van der Waals surface area contributed by atoms with Gasteiger partial charge in [-0.2, -0.15) is 0 Å². The molecule has 0 amide bonds. The first kappa shape index (κ1) is 36.9. The molecular formula is C64H42N2O. The lowest BCUT2D eigenvalue weighted by atomic mass is 9.70. The van der Waals surface area contributed by atoms with Crippen molar-refractivity contribution in [1.82, 2.24) is 4.57 Å². The van der Waals surface area contributed by atoms with Crippen LogP contribution in [0.3, 0.4) is 0 Å². The number of para-hydroxylation sites is 2. The van der Waals surface area contributed by atoms with Crippen LogP contribution in [0.2, 0.25) is 0 Å². The predicted molar refractivity (Wildman–Crippen MR) is 277 cm³/mol. The molecule has 0 radical (unpaired) electrons. The van der Waals surface area contributed by atoms with Crippen molar-refractivity contribution < 1.29 is 4.42 Å². The Morgan fingerprint density at radius 3 is 1.66 bits per heavy atom. The maximum Gasteiger partial charge on any atom is 0.145 e. The molecule has 3 aliphatic carbocycles. The van der Waals surface area contributed by atoms with E-state index in [1.807, 2.05) is 0 Å². The normalized spacial score (nSPS) is 14.4. The SMILES string of the molecule is CC1(C)c2ccccc2-c2c(N(c3ccc4c5c6oc7ccccc7c6ccc5n(-c5ccccc5)c4c3)c3cccc4c3-c3ccccc3C43c4ccccc4-c4ccccc43)cccc21. The fraction of sp³-hybridized carbons (Fsp3) is 0.0625. The van der Waals surface area contributed by atoms with Crippen LogP contribution in [0.25, 0.3) is 82.8 Å². The number of nitrogens with zero attached hydrogens (tertiary/aromatic N) is 2. The summed E-state index contributed by atoms with van der Waals surface area (Å²) in [6.45, 7) is 4.76. The van der Waals surface area contributed by atoms with Crippen molar-refractivity contribution in [2.75, 3.05) is 4.90 Å². The van der Waals surface area contributed by atoms with Crippen LogP contribution in [0.4, 0.5) is 17.1 Å².